The highest BCUT2D eigenvalue weighted by atomic mass is 19.2. The summed E-state index contributed by atoms with van der Waals surface area (Å²) in [4.78, 5) is 0. The van der Waals surface area contributed by atoms with Crippen molar-refractivity contribution in [3.05, 3.63) is 23.0 Å². The minimum atomic E-state index is -1.44. The Morgan fingerprint density at radius 1 is 1.14 bits per heavy atom. The van der Waals surface area contributed by atoms with Gasteiger partial charge in [0.25, 0.3) is 0 Å². The number of nitrogen functional groups attached to an aromatic ring is 1. The Hall–Kier alpha value is -1.43. The molecule has 6 heteroatoms. The van der Waals surface area contributed by atoms with Crippen LogP contribution in [-0.2, 0) is 6.54 Å². The number of hydrogen-bond acceptors (Lipinski definition) is 3. The lowest BCUT2D eigenvalue weighted by molar-refractivity contribution is 0.345. The lowest BCUT2D eigenvalue weighted by Crippen LogP contribution is -2.10. The third-order valence-electron chi connectivity index (χ3n) is 1.83. The topological polar surface area (TPSA) is 61.3 Å². The number of nitrogens with two attached hydrogens (primary N) is 2. The number of hydrogen-bond donors (Lipinski definition) is 2. The van der Waals surface area contributed by atoms with Gasteiger partial charge >= 0.3 is 0 Å². The summed E-state index contributed by atoms with van der Waals surface area (Å²) >= 11 is 0. The number of anilines is 1. The first kappa shape index (κ1) is 10.6. The summed E-state index contributed by atoms with van der Waals surface area (Å²) in [6, 6.07) is 0. The van der Waals surface area contributed by atoms with Crippen molar-refractivity contribution >= 4 is 5.69 Å². The van der Waals surface area contributed by atoms with Crippen molar-refractivity contribution in [3.63, 3.8) is 0 Å². The van der Waals surface area contributed by atoms with E-state index in [-0.39, 0.29) is 12.1 Å². The van der Waals surface area contributed by atoms with Crippen LogP contribution in [0.4, 0.5) is 18.9 Å². The number of benzene rings is 1. The van der Waals surface area contributed by atoms with Gasteiger partial charge in [0.1, 0.15) is 0 Å². The maximum absolute atomic E-state index is 13.3. The fourth-order valence-corrected chi connectivity index (χ4v) is 1.08. The molecule has 78 valence electrons. The maximum atomic E-state index is 13.3. The summed E-state index contributed by atoms with van der Waals surface area (Å²) in [5.41, 5.74) is 9.34. The Labute approximate surface area is 78.5 Å². The Morgan fingerprint density at radius 3 is 2.14 bits per heavy atom. The Kier molecular flexibility index (Phi) is 2.85. The molecule has 0 saturated heterocycles. The van der Waals surface area contributed by atoms with E-state index >= 15 is 0 Å². The van der Waals surface area contributed by atoms with E-state index in [1.165, 1.54) is 0 Å². The van der Waals surface area contributed by atoms with E-state index < -0.39 is 28.9 Å². The quantitative estimate of drug-likeness (QED) is 0.563. The average Bonchev–Trinajstić information content (AvgIpc) is 2.16. The molecule has 1 aromatic carbocycles. The Morgan fingerprint density at radius 2 is 1.71 bits per heavy atom. The minimum Gasteiger partial charge on any atom is -0.491 e. The highest BCUT2D eigenvalue weighted by Gasteiger charge is 2.23. The molecule has 0 amide bonds. The molecule has 1 aromatic rings. The molecule has 0 bridgehead atoms. The van der Waals surface area contributed by atoms with Gasteiger partial charge in [-0.1, -0.05) is 0 Å². The summed E-state index contributed by atoms with van der Waals surface area (Å²) in [6.07, 6.45) is 0. The van der Waals surface area contributed by atoms with Crippen molar-refractivity contribution in [2.24, 2.45) is 5.73 Å². The van der Waals surface area contributed by atoms with E-state index in [0.717, 1.165) is 7.11 Å². The van der Waals surface area contributed by atoms with Crippen LogP contribution < -0.4 is 16.2 Å². The van der Waals surface area contributed by atoms with E-state index in [1.807, 2.05) is 0 Å². The van der Waals surface area contributed by atoms with Crippen LogP contribution in [0, 0.1) is 17.5 Å². The molecule has 0 spiro atoms. The van der Waals surface area contributed by atoms with Crippen LogP contribution in [0.25, 0.3) is 0 Å². The zero-order chi connectivity index (χ0) is 10.9. The molecular formula is C8H9F3N2O. The van der Waals surface area contributed by atoms with E-state index in [1.54, 1.807) is 0 Å². The van der Waals surface area contributed by atoms with E-state index in [2.05, 4.69) is 4.74 Å². The molecule has 0 saturated carbocycles. The van der Waals surface area contributed by atoms with Crippen molar-refractivity contribution in [2.45, 2.75) is 6.54 Å². The Bertz CT molecular complexity index is 337. The highest BCUT2D eigenvalue weighted by molar-refractivity contribution is 5.53. The lowest BCUT2D eigenvalue weighted by atomic mass is 10.1. The first-order valence-corrected chi connectivity index (χ1v) is 3.73. The predicted octanol–water partition coefficient (Wildman–Crippen LogP) is 1.15. The molecule has 0 aliphatic heterocycles. The third kappa shape index (κ3) is 1.37. The smallest absolute Gasteiger partial charge is 0.205 e. The van der Waals surface area contributed by atoms with Gasteiger partial charge in [-0.15, -0.1) is 0 Å². The second-order valence-electron chi connectivity index (χ2n) is 2.57. The number of ether oxygens (including phenoxy) is 1. The summed E-state index contributed by atoms with van der Waals surface area (Å²) in [5.74, 6) is -4.66. The molecule has 0 atom stereocenters. The SMILES string of the molecule is COc1c(F)c(F)c(N)c(CN)c1F. The number of halogens is 3. The molecule has 0 aliphatic carbocycles. The summed E-state index contributed by atoms with van der Waals surface area (Å²) in [5, 5.41) is 0. The Balaban J connectivity index is 3.56. The van der Waals surface area contributed by atoms with Crippen LogP contribution in [-0.4, -0.2) is 7.11 Å². The van der Waals surface area contributed by atoms with Crippen LogP contribution in [0.3, 0.4) is 0 Å². The van der Waals surface area contributed by atoms with Crippen LogP contribution in [0.2, 0.25) is 0 Å². The normalized spacial score (nSPS) is 10.4. The summed E-state index contributed by atoms with van der Waals surface area (Å²) in [7, 11) is 1.03. The highest BCUT2D eigenvalue weighted by Crippen LogP contribution is 2.31. The molecule has 14 heavy (non-hydrogen) atoms. The molecule has 0 unspecified atom stereocenters. The molecular weight excluding hydrogens is 197 g/mol. The number of methoxy groups -OCH3 is 1. The van der Waals surface area contributed by atoms with Crippen LogP contribution in [0.1, 0.15) is 5.56 Å². The molecule has 0 aromatic heterocycles. The van der Waals surface area contributed by atoms with Gasteiger partial charge in [-0.2, -0.15) is 4.39 Å². The molecule has 4 N–H and O–H groups in total. The van der Waals surface area contributed by atoms with Crippen molar-refractivity contribution < 1.29 is 17.9 Å². The first-order chi connectivity index (χ1) is 6.54. The van der Waals surface area contributed by atoms with Crippen LogP contribution in [0.5, 0.6) is 5.75 Å². The van der Waals surface area contributed by atoms with Gasteiger partial charge in [-0.05, 0) is 0 Å². The molecule has 0 fully saturated rings. The lowest BCUT2D eigenvalue weighted by Gasteiger charge is -2.11. The van der Waals surface area contributed by atoms with Gasteiger partial charge in [0, 0.05) is 12.1 Å². The minimum absolute atomic E-state index is 0.291. The monoisotopic (exact) mass is 206 g/mol. The predicted molar refractivity (Wildman–Crippen MR) is 45.2 cm³/mol. The standard InChI is InChI=1S/C8H9F3N2O/c1-14-8-4(9)3(2-12)7(13)5(10)6(8)11/h2,12-13H2,1H3. The molecule has 0 aliphatic rings. The fourth-order valence-electron chi connectivity index (χ4n) is 1.08. The third-order valence-corrected chi connectivity index (χ3v) is 1.83. The van der Waals surface area contributed by atoms with E-state index in [0.29, 0.717) is 0 Å². The molecule has 0 radical (unpaired) electrons. The average molecular weight is 206 g/mol. The number of rotatable bonds is 2. The second-order valence-corrected chi connectivity index (χ2v) is 2.57. The van der Waals surface area contributed by atoms with Gasteiger partial charge in [0.2, 0.25) is 5.82 Å². The van der Waals surface area contributed by atoms with Crippen molar-refractivity contribution in [2.75, 3.05) is 12.8 Å². The van der Waals surface area contributed by atoms with Gasteiger partial charge < -0.3 is 16.2 Å². The zero-order valence-electron chi connectivity index (χ0n) is 7.40. The summed E-state index contributed by atoms with van der Waals surface area (Å²) < 4.78 is 43.6. The fraction of sp³-hybridized carbons (Fsp3) is 0.250. The first-order valence-electron chi connectivity index (χ1n) is 3.73. The molecule has 0 heterocycles. The van der Waals surface area contributed by atoms with Crippen LogP contribution >= 0.6 is 0 Å². The largest absolute Gasteiger partial charge is 0.491 e. The molecule has 1 rings (SSSR count). The summed E-state index contributed by atoms with van der Waals surface area (Å²) in [6.45, 7) is -0.328. The molecule has 3 nitrogen and oxygen atoms in total. The zero-order valence-corrected chi connectivity index (χ0v) is 7.40. The van der Waals surface area contributed by atoms with E-state index in [9.17, 15) is 13.2 Å². The van der Waals surface area contributed by atoms with Gasteiger partial charge in [0.05, 0.1) is 12.8 Å². The van der Waals surface area contributed by atoms with Crippen molar-refractivity contribution in [1.82, 2.24) is 0 Å². The maximum Gasteiger partial charge on any atom is 0.205 e. The van der Waals surface area contributed by atoms with Crippen molar-refractivity contribution in [3.8, 4) is 5.75 Å². The van der Waals surface area contributed by atoms with Crippen LogP contribution in [0.15, 0.2) is 0 Å². The van der Waals surface area contributed by atoms with Gasteiger partial charge in [-0.3, -0.25) is 0 Å². The van der Waals surface area contributed by atoms with Gasteiger partial charge in [-0.25, -0.2) is 8.78 Å². The van der Waals surface area contributed by atoms with Crippen molar-refractivity contribution in [1.29, 1.82) is 0 Å². The van der Waals surface area contributed by atoms with Gasteiger partial charge in [0.15, 0.2) is 17.4 Å². The second kappa shape index (κ2) is 3.75. The van der Waals surface area contributed by atoms with E-state index in [4.69, 9.17) is 11.5 Å².